The van der Waals surface area contributed by atoms with Gasteiger partial charge < -0.3 is 14.4 Å². The van der Waals surface area contributed by atoms with Crippen LogP contribution in [0.1, 0.15) is 31.1 Å². The number of esters is 1. The molecule has 1 aromatic rings. The fourth-order valence-electron chi connectivity index (χ4n) is 1.66. The quantitative estimate of drug-likeness (QED) is 0.533. The number of anilines is 1. The molecular formula is C14H22N2O3. The van der Waals surface area contributed by atoms with E-state index in [4.69, 9.17) is 9.47 Å². The number of carbonyl (C=O) groups excluding carboxylic acids is 1. The van der Waals surface area contributed by atoms with Crippen molar-refractivity contribution < 1.29 is 14.3 Å². The molecule has 5 nitrogen and oxygen atoms in total. The fourth-order valence-corrected chi connectivity index (χ4v) is 1.66. The van der Waals surface area contributed by atoms with Crippen LogP contribution >= 0.6 is 0 Å². The van der Waals surface area contributed by atoms with Gasteiger partial charge in [0.15, 0.2) is 0 Å². The Kier molecular flexibility index (Phi) is 6.89. The molecule has 0 fully saturated rings. The maximum atomic E-state index is 11.5. The third-order valence-electron chi connectivity index (χ3n) is 2.67. The largest absolute Gasteiger partial charge is 0.462 e. The van der Waals surface area contributed by atoms with Gasteiger partial charge in [0, 0.05) is 25.9 Å². The summed E-state index contributed by atoms with van der Waals surface area (Å²) in [5, 5.41) is 0. The van der Waals surface area contributed by atoms with E-state index in [1.165, 1.54) is 0 Å². The van der Waals surface area contributed by atoms with E-state index in [0.29, 0.717) is 25.4 Å². The van der Waals surface area contributed by atoms with E-state index in [0.717, 1.165) is 18.9 Å². The monoisotopic (exact) mass is 266 g/mol. The molecule has 0 amide bonds. The SMILES string of the molecule is CCOCCN(CC)c1ccc(C(=O)OCC)cn1. The first-order valence-corrected chi connectivity index (χ1v) is 6.68. The molecule has 0 bridgehead atoms. The number of carbonyl (C=O) groups is 1. The lowest BCUT2D eigenvalue weighted by Crippen LogP contribution is -2.28. The molecule has 1 rings (SSSR count). The summed E-state index contributed by atoms with van der Waals surface area (Å²) in [7, 11) is 0. The minimum Gasteiger partial charge on any atom is -0.462 e. The molecular weight excluding hydrogens is 244 g/mol. The lowest BCUT2D eigenvalue weighted by molar-refractivity contribution is 0.0526. The van der Waals surface area contributed by atoms with Crippen LogP contribution in [-0.2, 0) is 9.47 Å². The number of likely N-dealkylation sites (N-methyl/N-ethyl adjacent to an activating group) is 1. The van der Waals surface area contributed by atoms with Gasteiger partial charge in [-0.05, 0) is 32.9 Å². The molecule has 0 spiro atoms. The first kappa shape index (κ1) is 15.4. The Morgan fingerprint density at radius 2 is 2.05 bits per heavy atom. The molecule has 0 aromatic carbocycles. The van der Waals surface area contributed by atoms with Gasteiger partial charge in [-0.3, -0.25) is 0 Å². The zero-order valence-corrected chi connectivity index (χ0v) is 11.9. The van der Waals surface area contributed by atoms with Crippen molar-refractivity contribution in [2.75, 3.05) is 37.8 Å². The Balaban J connectivity index is 2.64. The van der Waals surface area contributed by atoms with Gasteiger partial charge >= 0.3 is 5.97 Å². The van der Waals surface area contributed by atoms with Crippen LogP contribution in [0, 0.1) is 0 Å². The molecule has 0 aliphatic rings. The van der Waals surface area contributed by atoms with Gasteiger partial charge in [0.25, 0.3) is 0 Å². The van der Waals surface area contributed by atoms with E-state index in [-0.39, 0.29) is 5.97 Å². The zero-order valence-electron chi connectivity index (χ0n) is 11.9. The molecule has 106 valence electrons. The van der Waals surface area contributed by atoms with E-state index in [1.54, 1.807) is 19.2 Å². The van der Waals surface area contributed by atoms with Crippen molar-refractivity contribution in [3.63, 3.8) is 0 Å². The Labute approximate surface area is 114 Å². The Hall–Kier alpha value is -1.62. The highest BCUT2D eigenvalue weighted by molar-refractivity contribution is 5.89. The third kappa shape index (κ3) is 4.87. The summed E-state index contributed by atoms with van der Waals surface area (Å²) in [6.07, 6.45) is 1.55. The third-order valence-corrected chi connectivity index (χ3v) is 2.67. The van der Waals surface area contributed by atoms with Crippen LogP contribution in [-0.4, -0.2) is 43.9 Å². The summed E-state index contributed by atoms with van der Waals surface area (Å²) in [4.78, 5) is 17.9. The van der Waals surface area contributed by atoms with E-state index < -0.39 is 0 Å². The molecule has 5 heteroatoms. The van der Waals surface area contributed by atoms with Gasteiger partial charge in [-0.25, -0.2) is 9.78 Å². The van der Waals surface area contributed by atoms with Crippen LogP contribution in [0.3, 0.4) is 0 Å². The first-order chi connectivity index (χ1) is 9.22. The van der Waals surface area contributed by atoms with Crippen molar-refractivity contribution in [2.24, 2.45) is 0 Å². The van der Waals surface area contributed by atoms with Gasteiger partial charge in [-0.15, -0.1) is 0 Å². The predicted molar refractivity (Wildman–Crippen MR) is 74.6 cm³/mol. The molecule has 0 radical (unpaired) electrons. The minimum absolute atomic E-state index is 0.334. The number of hydrogen-bond acceptors (Lipinski definition) is 5. The lowest BCUT2D eigenvalue weighted by Gasteiger charge is -2.21. The average Bonchev–Trinajstić information content (AvgIpc) is 2.44. The van der Waals surface area contributed by atoms with Crippen LogP contribution < -0.4 is 4.90 Å². The zero-order chi connectivity index (χ0) is 14.1. The Bertz CT molecular complexity index is 379. The molecule has 0 saturated heterocycles. The molecule has 0 unspecified atom stereocenters. The molecule has 0 N–H and O–H groups in total. The maximum absolute atomic E-state index is 11.5. The van der Waals surface area contributed by atoms with Gasteiger partial charge in [0.1, 0.15) is 5.82 Å². The second-order valence-electron chi connectivity index (χ2n) is 3.90. The highest BCUT2D eigenvalue weighted by Crippen LogP contribution is 2.11. The minimum atomic E-state index is -0.334. The number of hydrogen-bond donors (Lipinski definition) is 0. The molecule has 0 atom stereocenters. The van der Waals surface area contributed by atoms with Crippen molar-refractivity contribution in [2.45, 2.75) is 20.8 Å². The van der Waals surface area contributed by atoms with Gasteiger partial charge in [-0.2, -0.15) is 0 Å². The van der Waals surface area contributed by atoms with Crippen LogP contribution in [0.4, 0.5) is 5.82 Å². The number of pyridine rings is 1. The molecule has 1 aromatic heterocycles. The van der Waals surface area contributed by atoms with Crippen molar-refractivity contribution in [3.05, 3.63) is 23.9 Å². The van der Waals surface area contributed by atoms with Crippen LogP contribution in [0.25, 0.3) is 0 Å². The van der Waals surface area contributed by atoms with E-state index in [9.17, 15) is 4.79 Å². The van der Waals surface area contributed by atoms with Crippen LogP contribution in [0.2, 0.25) is 0 Å². The summed E-state index contributed by atoms with van der Waals surface area (Å²) in [5.74, 6) is 0.508. The highest BCUT2D eigenvalue weighted by Gasteiger charge is 2.09. The fraction of sp³-hybridized carbons (Fsp3) is 0.571. The summed E-state index contributed by atoms with van der Waals surface area (Å²) in [6, 6.07) is 3.57. The predicted octanol–water partition coefficient (Wildman–Crippen LogP) is 2.12. The van der Waals surface area contributed by atoms with Crippen molar-refractivity contribution in [1.82, 2.24) is 4.98 Å². The Morgan fingerprint density at radius 3 is 2.58 bits per heavy atom. The molecule has 19 heavy (non-hydrogen) atoms. The maximum Gasteiger partial charge on any atom is 0.339 e. The summed E-state index contributed by atoms with van der Waals surface area (Å²) >= 11 is 0. The van der Waals surface area contributed by atoms with Gasteiger partial charge in [0.05, 0.1) is 18.8 Å². The van der Waals surface area contributed by atoms with Gasteiger partial charge in [0.2, 0.25) is 0 Å². The van der Waals surface area contributed by atoms with Crippen molar-refractivity contribution in [1.29, 1.82) is 0 Å². The number of rotatable bonds is 8. The number of nitrogens with zero attached hydrogens (tertiary/aromatic N) is 2. The number of ether oxygens (including phenoxy) is 2. The molecule has 0 aliphatic heterocycles. The number of aromatic nitrogens is 1. The molecule has 0 aliphatic carbocycles. The van der Waals surface area contributed by atoms with E-state index >= 15 is 0 Å². The Morgan fingerprint density at radius 1 is 1.26 bits per heavy atom. The summed E-state index contributed by atoms with van der Waals surface area (Å²) in [5.41, 5.74) is 0.478. The van der Waals surface area contributed by atoms with Crippen molar-refractivity contribution in [3.8, 4) is 0 Å². The van der Waals surface area contributed by atoms with Crippen LogP contribution in [0.5, 0.6) is 0 Å². The first-order valence-electron chi connectivity index (χ1n) is 6.68. The smallest absolute Gasteiger partial charge is 0.339 e. The highest BCUT2D eigenvalue weighted by atomic mass is 16.5. The topological polar surface area (TPSA) is 51.7 Å². The normalized spacial score (nSPS) is 10.3. The second-order valence-corrected chi connectivity index (χ2v) is 3.90. The molecule has 0 saturated carbocycles. The van der Waals surface area contributed by atoms with Crippen molar-refractivity contribution >= 4 is 11.8 Å². The standard InChI is InChI=1S/C14H22N2O3/c1-4-16(9-10-18-5-2)13-8-7-12(11-15-13)14(17)19-6-3/h7-8,11H,4-6,9-10H2,1-3H3. The van der Waals surface area contributed by atoms with Gasteiger partial charge in [-0.1, -0.05) is 0 Å². The van der Waals surface area contributed by atoms with E-state index in [2.05, 4.69) is 16.8 Å². The van der Waals surface area contributed by atoms with Crippen LogP contribution in [0.15, 0.2) is 18.3 Å². The average molecular weight is 266 g/mol. The summed E-state index contributed by atoms with van der Waals surface area (Å²) in [6.45, 7) is 9.21. The van der Waals surface area contributed by atoms with E-state index in [1.807, 2.05) is 13.0 Å². The lowest BCUT2D eigenvalue weighted by atomic mass is 10.3. The second kappa shape index (κ2) is 8.48. The summed E-state index contributed by atoms with van der Waals surface area (Å²) < 4.78 is 10.3. The molecule has 1 heterocycles.